The van der Waals surface area contributed by atoms with Gasteiger partial charge in [0.1, 0.15) is 18.1 Å². The summed E-state index contributed by atoms with van der Waals surface area (Å²) in [5.74, 6) is 2.28. The number of hydrogen-bond donors (Lipinski definition) is 1. The van der Waals surface area contributed by atoms with Crippen molar-refractivity contribution in [2.75, 3.05) is 13.7 Å². The summed E-state index contributed by atoms with van der Waals surface area (Å²) in [7, 11) is 1.65. The van der Waals surface area contributed by atoms with E-state index in [9.17, 15) is 0 Å². The normalized spacial score (nSPS) is 10.6. The summed E-state index contributed by atoms with van der Waals surface area (Å²) in [5, 5.41) is 7.23. The number of rotatable bonds is 8. The van der Waals surface area contributed by atoms with E-state index in [1.807, 2.05) is 31.2 Å². The highest BCUT2D eigenvalue weighted by molar-refractivity contribution is 5.40. The zero-order chi connectivity index (χ0) is 15.1. The zero-order valence-corrected chi connectivity index (χ0v) is 12.8. The molecule has 1 heterocycles. The van der Waals surface area contributed by atoms with E-state index in [0.717, 1.165) is 42.3 Å². The Morgan fingerprint density at radius 2 is 2.14 bits per heavy atom. The highest BCUT2D eigenvalue weighted by Crippen LogP contribution is 2.25. The molecule has 114 valence electrons. The van der Waals surface area contributed by atoms with Crippen LogP contribution in [0, 0.1) is 6.92 Å². The Morgan fingerprint density at radius 1 is 1.29 bits per heavy atom. The molecule has 1 N–H and O–H groups in total. The highest BCUT2D eigenvalue weighted by atomic mass is 16.5. The summed E-state index contributed by atoms with van der Waals surface area (Å²) in [6.07, 6.45) is 1.10. The molecule has 2 aromatic rings. The second-order valence-electron chi connectivity index (χ2n) is 4.87. The molecule has 0 spiro atoms. The van der Waals surface area contributed by atoms with Crippen LogP contribution in [-0.4, -0.2) is 18.8 Å². The Bertz CT molecular complexity index is 566. The number of hydrogen-bond acceptors (Lipinski definition) is 5. The predicted molar refractivity (Wildman–Crippen MR) is 80.6 cm³/mol. The molecule has 0 aliphatic heterocycles. The molecular formula is C16H22N2O3. The third-order valence-electron chi connectivity index (χ3n) is 3.06. The Hall–Kier alpha value is -2.01. The smallest absolute Gasteiger partial charge is 0.174 e. The van der Waals surface area contributed by atoms with Gasteiger partial charge < -0.3 is 19.3 Å². The van der Waals surface area contributed by atoms with Gasteiger partial charge >= 0.3 is 0 Å². The van der Waals surface area contributed by atoms with E-state index in [0.29, 0.717) is 12.4 Å². The molecule has 0 fully saturated rings. The minimum absolute atomic E-state index is 0.356. The van der Waals surface area contributed by atoms with Crippen molar-refractivity contribution in [2.45, 2.75) is 33.4 Å². The molecule has 0 unspecified atom stereocenters. The number of nitrogens with zero attached hydrogens (tertiary/aromatic N) is 1. The van der Waals surface area contributed by atoms with Crippen molar-refractivity contribution in [3.05, 3.63) is 41.3 Å². The van der Waals surface area contributed by atoms with E-state index >= 15 is 0 Å². The number of aromatic nitrogens is 1. The summed E-state index contributed by atoms with van der Waals surface area (Å²) in [6.45, 7) is 6.13. The molecule has 0 aliphatic rings. The van der Waals surface area contributed by atoms with Crippen molar-refractivity contribution in [1.82, 2.24) is 10.5 Å². The summed E-state index contributed by atoms with van der Waals surface area (Å²) in [6, 6.07) is 7.72. The molecule has 0 amide bonds. The first-order valence-electron chi connectivity index (χ1n) is 7.15. The molecule has 0 saturated carbocycles. The van der Waals surface area contributed by atoms with Gasteiger partial charge in [-0.1, -0.05) is 18.1 Å². The average molecular weight is 290 g/mol. The Kier molecular flexibility index (Phi) is 5.63. The van der Waals surface area contributed by atoms with Crippen LogP contribution < -0.4 is 14.8 Å². The summed E-state index contributed by atoms with van der Waals surface area (Å²) in [4.78, 5) is 0. The van der Waals surface area contributed by atoms with Gasteiger partial charge in [0.15, 0.2) is 5.76 Å². The summed E-state index contributed by atoms with van der Waals surface area (Å²) in [5.41, 5.74) is 1.95. The summed E-state index contributed by atoms with van der Waals surface area (Å²) < 4.78 is 16.3. The van der Waals surface area contributed by atoms with Gasteiger partial charge in [0.25, 0.3) is 0 Å². The predicted octanol–water partition coefficient (Wildman–Crippen LogP) is 3.07. The molecular weight excluding hydrogens is 268 g/mol. The van der Waals surface area contributed by atoms with Crippen LogP contribution in [0.5, 0.6) is 11.5 Å². The molecule has 0 aliphatic carbocycles. The largest absolute Gasteiger partial charge is 0.497 e. The fourth-order valence-corrected chi connectivity index (χ4v) is 1.98. The van der Waals surface area contributed by atoms with Gasteiger partial charge in [-0.15, -0.1) is 0 Å². The van der Waals surface area contributed by atoms with Crippen LogP contribution in [0.3, 0.4) is 0 Å². The number of nitrogens with one attached hydrogen (secondary N) is 1. The van der Waals surface area contributed by atoms with Crippen molar-refractivity contribution in [2.24, 2.45) is 0 Å². The lowest BCUT2D eigenvalue weighted by Gasteiger charge is -2.12. The Labute approximate surface area is 125 Å². The number of benzene rings is 1. The maximum Gasteiger partial charge on any atom is 0.174 e. The van der Waals surface area contributed by atoms with Crippen LogP contribution in [-0.2, 0) is 13.2 Å². The van der Waals surface area contributed by atoms with Crippen LogP contribution >= 0.6 is 0 Å². The van der Waals surface area contributed by atoms with E-state index in [1.54, 1.807) is 7.11 Å². The molecule has 0 radical (unpaired) electrons. The second-order valence-corrected chi connectivity index (χ2v) is 4.87. The van der Waals surface area contributed by atoms with Gasteiger partial charge in [-0.3, -0.25) is 0 Å². The molecule has 5 heteroatoms. The van der Waals surface area contributed by atoms with E-state index < -0.39 is 0 Å². The van der Waals surface area contributed by atoms with Gasteiger partial charge in [0.2, 0.25) is 0 Å². The third-order valence-corrected chi connectivity index (χ3v) is 3.06. The SMILES string of the molecule is CCCNCc1ccc(OC)cc1OCc1cc(C)no1. The quantitative estimate of drug-likeness (QED) is 0.757. The first kappa shape index (κ1) is 15.4. The van der Waals surface area contributed by atoms with E-state index in [-0.39, 0.29) is 0 Å². The van der Waals surface area contributed by atoms with Crippen molar-refractivity contribution in [1.29, 1.82) is 0 Å². The Morgan fingerprint density at radius 3 is 2.81 bits per heavy atom. The monoisotopic (exact) mass is 290 g/mol. The fourth-order valence-electron chi connectivity index (χ4n) is 1.98. The fraction of sp³-hybridized carbons (Fsp3) is 0.438. The second kappa shape index (κ2) is 7.69. The van der Waals surface area contributed by atoms with Crippen LogP contribution in [0.25, 0.3) is 0 Å². The standard InChI is InChI=1S/C16H22N2O3/c1-4-7-17-10-13-5-6-14(19-3)9-16(13)20-11-15-8-12(2)18-21-15/h5-6,8-9,17H,4,7,10-11H2,1-3H3. The Balaban J connectivity index is 2.06. The van der Waals surface area contributed by atoms with Gasteiger partial charge in [0, 0.05) is 24.2 Å². The van der Waals surface area contributed by atoms with Crippen LogP contribution in [0.4, 0.5) is 0 Å². The third kappa shape index (κ3) is 4.49. The lowest BCUT2D eigenvalue weighted by molar-refractivity contribution is 0.245. The molecule has 1 aromatic carbocycles. The van der Waals surface area contributed by atoms with Crippen molar-refractivity contribution >= 4 is 0 Å². The minimum Gasteiger partial charge on any atom is -0.497 e. The number of aryl methyl sites for hydroxylation is 1. The average Bonchev–Trinajstić information content (AvgIpc) is 2.92. The van der Waals surface area contributed by atoms with E-state index in [2.05, 4.69) is 17.4 Å². The maximum atomic E-state index is 5.86. The first-order valence-corrected chi connectivity index (χ1v) is 7.15. The molecule has 2 rings (SSSR count). The van der Waals surface area contributed by atoms with Crippen molar-refractivity contribution < 1.29 is 14.0 Å². The highest BCUT2D eigenvalue weighted by Gasteiger charge is 2.08. The van der Waals surface area contributed by atoms with Crippen LogP contribution in [0.1, 0.15) is 30.4 Å². The van der Waals surface area contributed by atoms with Crippen molar-refractivity contribution in [3.8, 4) is 11.5 Å². The molecule has 1 aromatic heterocycles. The molecule has 0 saturated heterocycles. The number of ether oxygens (including phenoxy) is 2. The van der Waals surface area contributed by atoms with Crippen LogP contribution in [0.2, 0.25) is 0 Å². The van der Waals surface area contributed by atoms with Gasteiger partial charge in [-0.2, -0.15) is 0 Å². The topological polar surface area (TPSA) is 56.5 Å². The van der Waals surface area contributed by atoms with Gasteiger partial charge in [-0.25, -0.2) is 0 Å². The maximum absolute atomic E-state index is 5.86. The van der Waals surface area contributed by atoms with Crippen LogP contribution in [0.15, 0.2) is 28.8 Å². The first-order chi connectivity index (χ1) is 10.2. The molecule has 21 heavy (non-hydrogen) atoms. The lowest BCUT2D eigenvalue weighted by Crippen LogP contribution is -2.14. The molecule has 5 nitrogen and oxygen atoms in total. The lowest BCUT2D eigenvalue weighted by atomic mass is 10.2. The number of methoxy groups -OCH3 is 1. The zero-order valence-electron chi connectivity index (χ0n) is 12.8. The summed E-state index contributed by atoms with van der Waals surface area (Å²) >= 11 is 0. The molecule has 0 atom stereocenters. The van der Waals surface area contributed by atoms with Gasteiger partial charge in [0.05, 0.1) is 12.8 Å². The van der Waals surface area contributed by atoms with Crippen molar-refractivity contribution in [3.63, 3.8) is 0 Å². The minimum atomic E-state index is 0.356. The van der Waals surface area contributed by atoms with E-state index in [1.165, 1.54) is 0 Å². The van der Waals surface area contributed by atoms with E-state index in [4.69, 9.17) is 14.0 Å². The molecule has 0 bridgehead atoms. The van der Waals surface area contributed by atoms with Gasteiger partial charge in [-0.05, 0) is 26.0 Å².